The van der Waals surface area contributed by atoms with E-state index in [9.17, 15) is 9.18 Å². The molecule has 1 heterocycles. The molecule has 1 fully saturated rings. The summed E-state index contributed by atoms with van der Waals surface area (Å²) >= 11 is 0. The topological polar surface area (TPSA) is 46.3 Å². The van der Waals surface area contributed by atoms with Crippen LogP contribution in [0.3, 0.4) is 0 Å². The zero-order chi connectivity index (χ0) is 13.1. The molecule has 1 aliphatic heterocycles. The minimum absolute atomic E-state index is 0.0234. The predicted molar refractivity (Wildman–Crippen MR) is 69.2 cm³/mol. The number of likely N-dealkylation sites (tertiary alicyclic amines) is 1. The van der Waals surface area contributed by atoms with Gasteiger partial charge >= 0.3 is 0 Å². The number of hydrogen-bond donors (Lipinski definition) is 1. The van der Waals surface area contributed by atoms with E-state index in [-0.39, 0.29) is 17.8 Å². The highest BCUT2D eigenvalue weighted by Gasteiger charge is 2.22. The Bertz CT molecular complexity index is 467. The molecule has 0 aromatic heterocycles. The van der Waals surface area contributed by atoms with Gasteiger partial charge in [-0.2, -0.15) is 0 Å². The average Bonchev–Trinajstić information content (AvgIpc) is 2.76. The van der Waals surface area contributed by atoms with Crippen molar-refractivity contribution >= 4 is 11.5 Å². The van der Waals surface area contributed by atoms with Gasteiger partial charge in [0.1, 0.15) is 5.82 Å². The van der Waals surface area contributed by atoms with Gasteiger partial charge in [0.15, 0.2) is 0 Å². The van der Waals surface area contributed by atoms with Crippen LogP contribution < -0.4 is 5.73 Å². The normalized spacial score (nSPS) is 20.3. The molecule has 0 spiro atoms. The van der Waals surface area contributed by atoms with Gasteiger partial charge in [-0.3, -0.25) is 4.79 Å². The number of rotatable bonds is 2. The number of amides is 1. The molecule has 0 bridgehead atoms. The second kappa shape index (κ2) is 5.31. The van der Waals surface area contributed by atoms with Crippen LogP contribution in [0.1, 0.15) is 18.9 Å². The molecule has 1 atom stereocenters. The van der Waals surface area contributed by atoms with E-state index in [1.165, 1.54) is 12.1 Å². The lowest BCUT2D eigenvalue weighted by Gasteiger charge is -2.13. The lowest BCUT2D eigenvalue weighted by Crippen LogP contribution is -2.30. The monoisotopic (exact) mass is 248 g/mol. The van der Waals surface area contributed by atoms with E-state index < -0.39 is 0 Å². The van der Waals surface area contributed by atoms with Crippen molar-refractivity contribution in [1.82, 2.24) is 4.90 Å². The fourth-order valence-electron chi connectivity index (χ4n) is 2.06. The molecular formula is C14H17FN2O. The number of carbonyl (C=O) groups excluding carboxylic acids is 1. The first-order chi connectivity index (χ1) is 8.56. The van der Waals surface area contributed by atoms with Crippen molar-refractivity contribution in [2.24, 2.45) is 5.73 Å². The van der Waals surface area contributed by atoms with Crippen LogP contribution in [0.25, 0.3) is 5.57 Å². The number of hydrogen-bond acceptors (Lipinski definition) is 2. The van der Waals surface area contributed by atoms with E-state index in [1.54, 1.807) is 23.1 Å². The van der Waals surface area contributed by atoms with Crippen LogP contribution in [0.4, 0.5) is 4.39 Å². The molecule has 0 radical (unpaired) electrons. The average molecular weight is 248 g/mol. The Morgan fingerprint density at radius 2 is 2.11 bits per heavy atom. The molecule has 0 aliphatic carbocycles. The molecule has 1 saturated heterocycles. The molecule has 4 heteroatoms. The van der Waals surface area contributed by atoms with Crippen molar-refractivity contribution in [2.45, 2.75) is 19.4 Å². The van der Waals surface area contributed by atoms with Gasteiger partial charge in [0.2, 0.25) is 5.91 Å². The van der Waals surface area contributed by atoms with Gasteiger partial charge in [-0.15, -0.1) is 0 Å². The van der Waals surface area contributed by atoms with Crippen molar-refractivity contribution in [3.63, 3.8) is 0 Å². The molecule has 1 aromatic carbocycles. The van der Waals surface area contributed by atoms with Crippen molar-refractivity contribution in [3.05, 3.63) is 41.7 Å². The van der Waals surface area contributed by atoms with Crippen LogP contribution in [0.15, 0.2) is 30.3 Å². The highest BCUT2D eigenvalue weighted by atomic mass is 19.1. The molecule has 3 nitrogen and oxygen atoms in total. The highest BCUT2D eigenvalue weighted by molar-refractivity contribution is 5.95. The first kappa shape index (κ1) is 12.8. The molecule has 96 valence electrons. The standard InChI is InChI=1S/C14H17FN2O/c1-10(11-2-4-12(15)5-3-11)8-14(18)17-7-6-13(16)9-17/h2-5,8,13H,6-7,9,16H2,1H3. The number of benzene rings is 1. The summed E-state index contributed by atoms with van der Waals surface area (Å²) in [6, 6.07) is 6.22. The van der Waals surface area contributed by atoms with E-state index in [2.05, 4.69) is 0 Å². The van der Waals surface area contributed by atoms with Gasteiger partial charge in [0, 0.05) is 25.2 Å². The van der Waals surface area contributed by atoms with Gasteiger partial charge in [-0.05, 0) is 36.6 Å². The molecule has 1 aromatic rings. The highest BCUT2D eigenvalue weighted by Crippen LogP contribution is 2.16. The van der Waals surface area contributed by atoms with Crippen LogP contribution in [0.5, 0.6) is 0 Å². The van der Waals surface area contributed by atoms with Crippen LogP contribution in [-0.4, -0.2) is 29.9 Å². The quantitative estimate of drug-likeness (QED) is 0.811. The summed E-state index contributed by atoms with van der Waals surface area (Å²) in [5, 5.41) is 0. The Morgan fingerprint density at radius 3 is 2.67 bits per heavy atom. The van der Waals surface area contributed by atoms with E-state index >= 15 is 0 Å². The van der Waals surface area contributed by atoms with Gasteiger partial charge in [-0.1, -0.05) is 12.1 Å². The Morgan fingerprint density at radius 1 is 1.44 bits per heavy atom. The molecule has 2 N–H and O–H groups in total. The van der Waals surface area contributed by atoms with E-state index in [0.717, 1.165) is 17.6 Å². The third kappa shape index (κ3) is 2.96. The lowest BCUT2D eigenvalue weighted by atomic mass is 10.1. The number of nitrogens with zero attached hydrogens (tertiary/aromatic N) is 1. The maximum absolute atomic E-state index is 12.8. The SMILES string of the molecule is CC(=CC(=O)N1CCC(N)C1)c1ccc(F)cc1. The first-order valence-electron chi connectivity index (χ1n) is 6.05. The molecule has 1 amide bonds. The third-order valence-corrected chi connectivity index (χ3v) is 3.18. The molecule has 1 unspecified atom stereocenters. The summed E-state index contributed by atoms with van der Waals surface area (Å²) in [5.74, 6) is -0.298. The van der Waals surface area contributed by atoms with Crippen molar-refractivity contribution in [3.8, 4) is 0 Å². The summed E-state index contributed by atoms with van der Waals surface area (Å²) in [4.78, 5) is 13.7. The Hall–Kier alpha value is -1.68. The zero-order valence-corrected chi connectivity index (χ0v) is 10.4. The minimum atomic E-state index is -0.275. The van der Waals surface area contributed by atoms with Crippen LogP contribution in [0, 0.1) is 5.82 Å². The second-order valence-electron chi connectivity index (χ2n) is 4.67. The lowest BCUT2D eigenvalue weighted by molar-refractivity contribution is -0.125. The van der Waals surface area contributed by atoms with Gasteiger partial charge in [0.05, 0.1) is 0 Å². The van der Waals surface area contributed by atoms with Crippen LogP contribution in [-0.2, 0) is 4.79 Å². The summed E-state index contributed by atoms with van der Waals surface area (Å²) in [6.07, 6.45) is 2.44. The second-order valence-corrected chi connectivity index (χ2v) is 4.67. The molecule has 2 rings (SSSR count). The fraction of sp³-hybridized carbons (Fsp3) is 0.357. The number of halogens is 1. The van der Waals surface area contributed by atoms with E-state index in [4.69, 9.17) is 5.73 Å². The van der Waals surface area contributed by atoms with Gasteiger partial charge in [-0.25, -0.2) is 4.39 Å². The van der Waals surface area contributed by atoms with Gasteiger partial charge < -0.3 is 10.6 Å². The van der Waals surface area contributed by atoms with Crippen molar-refractivity contribution < 1.29 is 9.18 Å². The van der Waals surface area contributed by atoms with Crippen LogP contribution >= 0.6 is 0 Å². The number of nitrogens with two attached hydrogens (primary N) is 1. The fourth-order valence-corrected chi connectivity index (χ4v) is 2.06. The Kier molecular flexibility index (Phi) is 3.77. The summed E-state index contributed by atoms with van der Waals surface area (Å²) in [7, 11) is 0. The predicted octanol–water partition coefficient (Wildman–Crippen LogP) is 1.79. The zero-order valence-electron chi connectivity index (χ0n) is 10.4. The first-order valence-corrected chi connectivity index (χ1v) is 6.05. The van der Waals surface area contributed by atoms with Crippen molar-refractivity contribution in [1.29, 1.82) is 0 Å². The number of allylic oxidation sites excluding steroid dienone is 1. The molecular weight excluding hydrogens is 231 g/mol. The summed E-state index contributed by atoms with van der Waals surface area (Å²) in [5.41, 5.74) is 7.45. The largest absolute Gasteiger partial charge is 0.338 e. The van der Waals surface area contributed by atoms with E-state index in [0.29, 0.717) is 13.1 Å². The third-order valence-electron chi connectivity index (χ3n) is 3.18. The smallest absolute Gasteiger partial charge is 0.246 e. The summed E-state index contributed by atoms with van der Waals surface area (Å²) < 4.78 is 12.8. The maximum Gasteiger partial charge on any atom is 0.246 e. The molecule has 18 heavy (non-hydrogen) atoms. The molecule has 0 saturated carbocycles. The van der Waals surface area contributed by atoms with Gasteiger partial charge in [0.25, 0.3) is 0 Å². The van der Waals surface area contributed by atoms with Crippen LogP contribution in [0.2, 0.25) is 0 Å². The summed E-state index contributed by atoms with van der Waals surface area (Å²) in [6.45, 7) is 3.18. The minimum Gasteiger partial charge on any atom is -0.338 e. The number of carbonyl (C=O) groups is 1. The molecule has 1 aliphatic rings. The maximum atomic E-state index is 12.8. The van der Waals surface area contributed by atoms with E-state index in [1.807, 2.05) is 6.92 Å². The Balaban J connectivity index is 2.08. The van der Waals surface area contributed by atoms with Crippen molar-refractivity contribution in [2.75, 3.05) is 13.1 Å². The Labute approximate surface area is 106 Å².